The highest BCUT2D eigenvalue weighted by Gasteiger charge is 2.23. The molecule has 7 aromatic rings. The molecule has 0 fully saturated rings. The molecule has 0 saturated carbocycles. The van der Waals surface area contributed by atoms with Crippen LogP contribution in [-0.2, 0) is 0 Å². The fourth-order valence-electron chi connectivity index (χ4n) is 6.13. The minimum Gasteiger partial charge on any atom is -0.0616 e. The van der Waals surface area contributed by atoms with Crippen LogP contribution in [0, 0.1) is 0 Å². The Labute approximate surface area is 197 Å². The first-order chi connectivity index (χ1) is 16.9. The van der Waals surface area contributed by atoms with E-state index in [0.717, 1.165) is 0 Å². The summed E-state index contributed by atoms with van der Waals surface area (Å²) in [5.74, 6) is 0. The summed E-state index contributed by atoms with van der Waals surface area (Å²) in [6.45, 7) is 0. The highest BCUT2D eigenvalue weighted by molar-refractivity contribution is 6.24. The molecule has 0 N–H and O–H groups in total. The lowest BCUT2D eigenvalue weighted by atomic mass is 9.88. The average molecular weight is 429 g/mol. The van der Waals surface area contributed by atoms with Crippen LogP contribution in [0.15, 0.2) is 121 Å². The van der Waals surface area contributed by atoms with Crippen LogP contribution < -0.4 is 0 Å². The summed E-state index contributed by atoms with van der Waals surface area (Å²) in [5.41, 5.74) is 7.99. The van der Waals surface area contributed by atoms with Gasteiger partial charge < -0.3 is 0 Å². The average Bonchev–Trinajstić information content (AvgIpc) is 3.24. The molecule has 8 rings (SSSR count). The number of benzene rings is 7. The van der Waals surface area contributed by atoms with Gasteiger partial charge in [-0.2, -0.15) is 0 Å². The van der Waals surface area contributed by atoms with Crippen LogP contribution in [0.2, 0.25) is 0 Å². The van der Waals surface area contributed by atoms with Gasteiger partial charge in [-0.1, -0.05) is 115 Å². The van der Waals surface area contributed by atoms with Crippen molar-refractivity contribution in [3.8, 4) is 33.4 Å². The van der Waals surface area contributed by atoms with Gasteiger partial charge in [-0.3, -0.25) is 0 Å². The van der Waals surface area contributed by atoms with E-state index in [1.54, 1.807) is 0 Å². The summed E-state index contributed by atoms with van der Waals surface area (Å²) in [6.07, 6.45) is 0. The molecular formula is C34H20. The van der Waals surface area contributed by atoms with E-state index in [4.69, 9.17) is 0 Å². The Morgan fingerprint density at radius 1 is 0.265 bits per heavy atom. The van der Waals surface area contributed by atoms with E-state index in [-0.39, 0.29) is 0 Å². The Bertz CT molecular complexity index is 1930. The van der Waals surface area contributed by atoms with Crippen LogP contribution >= 0.6 is 0 Å². The molecule has 0 nitrogen and oxygen atoms in total. The normalized spacial score (nSPS) is 12.1. The van der Waals surface area contributed by atoms with E-state index in [1.165, 1.54) is 76.5 Å². The zero-order chi connectivity index (χ0) is 22.2. The number of hydrogen-bond acceptors (Lipinski definition) is 0. The van der Waals surface area contributed by atoms with Crippen LogP contribution in [0.4, 0.5) is 0 Å². The summed E-state index contributed by atoms with van der Waals surface area (Å²) < 4.78 is 0. The summed E-state index contributed by atoms with van der Waals surface area (Å²) in [7, 11) is 0. The maximum Gasteiger partial charge on any atom is -0.00201 e. The Morgan fingerprint density at radius 3 is 1.71 bits per heavy atom. The molecule has 0 spiro atoms. The minimum atomic E-state index is 1.28. The van der Waals surface area contributed by atoms with Crippen LogP contribution in [0.3, 0.4) is 0 Å². The summed E-state index contributed by atoms with van der Waals surface area (Å²) in [4.78, 5) is 0. The molecule has 0 bridgehead atoms. The van der Waals surface area contributed by atoms with Crippen LogP contribution in [0.1, 0.15) is 0 Å². The highest BCUT2D eigenvalue weighted by atomic mass is 14.3. The molecule has 7 aromatic carbocycles. The molecule has 0 aliphatic heterocycles. The quantitative estimate of drug-likeness (QED) is 0.228. The second-order valence-electron chi connectivity index (χ2n) is 9.29. The zero-order valence-corrected chi connectivity index (χ0v) is 18.5. The van der Waals surface area contributed by atoms with Gasteiger partial charge >= 0.3 is 0 Å². The third-order valence-corrected chi connectivity index (χ3v) is 7.60. The first-order valence-corrected chi connectivity index (χ1v) is 11.9. The molecule has 34 heavy (non-hydrogen) atoms. The molecule has 0 radical (unpaired) electrons. The molecular weight excluding hydrogens is 408 g/mol. The van der Waals surface area contributed by atoms with E-state index >= 15 is 0 Å². The lowest BCUT2D eigenvalue weighted by Crippen LogP contribution is -1.88. The predicted molar refractivity (Wildman–Crippen MR) is 146 cm³/mol. The fourth-order valence-corrected chi connectivity index (χ4v) is 6.13. The van der Waals surface area contributed by atoms with Crippen molar-refractivity contribution in [3.05, 3.63) is 121 Å². The standard InChI is InChI=1S/C34H20/c1-2-9-22-21(8-1)16-17-27-23-10-3-6-13-26(23)33(20-32(22)27)28-18-19-31-25-12-5-4-11-24(25)29-14-7-15-30(28)34(29)31/h1-20H. The maximum absolute atomic E-state index is 2.42. The minimum absolute atomic E-state index is 1.28. The SMILES string of the molecule is c1ccc2c(c1)-c1cccc3c(-c4cc5c6ccccc6ccc5c5ccccc45)ccc-2c13. The smallest absolute Gasteiger partial charge is 0.00201 e. The molecule has 0 atom stereocenters. The van der Waals surface area contributed by atoms with Crippen molar-refractivity contribution < 1.29 is 0 Å². The summed E-state index contributed by atoms with van der Waals surface area (Å²) >= 11 is 0. The Kier molecular flexibility index (Phi) is 3.48. The largest absolute Gasteiger partial charge is 0.0616 e. The van der Waals surface area contributed by atoms with Gasteiger partial charge in [-0.05, 0) is 82.5 Å². The molecule has 0 heteroatoms. The Hall–Kier alpha value is -4.42. The van der Waals surface area contributed by atoms with E-state index in [9.17, 15) is 0 Å². The Balaban J connectivity index is 1.54. The molecule has 0 aromatic heterocycles. The number of hydrogen-bond donors (Lipinski definition) is 0. The van der Waals surface area contributed by atoms with Gasteiger partial charge in [0.15, 0.2) is 0 Å². The van der Waals surface area contributed by atoms with E-state index in [0.29, 0.717) is 0 Å². The van der Waals surface area contributed by atoms with Crippen molar-refractivity contribution in [3.63, 3.8) is 0 Å². The number of fused-ring (bicyclic) bond motifs is 8. The Morgan fingerprint density at radius 2 is 0.853 bits per heavy atom. The zero-order valence-electron chi connectivity index (χ0n) is 18.5. The highest BCUT2D eigenvalue weighted by Crippen LogP contribution is 2.50. The van der Waals surface area contributed by atoms with Gasteiger partial charge in [0.1, 0.15) is 0 Å². The van der Waals surface area contributed by atoms with Crippen LogP contribution in [-0.4, -0.2) is 0 Å². The lowest BCUT2D eigenvalue weighted by Gasteiger charge is -2.15. The van der Waals surface area contributed by atoms with Gasteiger partial charge in [0.25, 0.3) is 0 Å². The van der Waals surface area contributed by atoms with E-state index in [1.807, 2.05) is 0 Å². The van der Waals surface area contributed by atoms with Crippen molar-refractivity contribution in [2.75, 3.05) is 0 Å². The third kappa shape index (κ3) is 2.27. The molecule has 0 saturated heterocycles. The van der Waals surface area contributed by atoms with Gasteiger partial charge in [-0.15, -0.1) is 0 Å². The molecule has 0 heterocycles. The van der Waals surface area contributed by atoms with Crippen LogP contribution in [0.25, 0.3) is 76.5 Å². The summed E-state index contributed by atoms with van der Waals surface area (Å²) in [5, 5.41) is 10.6. The second kappa shape index (κ2) is 6.56. The number of rotatable bonds is 1. The molecule has 156 valence electrons. The maximum atomic E-state index is 2.42. The van der Waals surface area contributed by atoms with Crippen molar-refractivity contribution in [2.45, 2.75) is 0 Å². The van der Waals surface area contributed by atoms with Gasteiger partial charge in [0.2, 0.25) is 0 Å². The van der Waals surface area contributed by atoms with E-state index in [2.05, 4.69) is 121 Å². The molecule has 0 unspecified atom stereocenters. The van der Waals surface area contributed by atoms with Gasteiger partial charge in [-0.25, -0.2) is 0 Å². The predicted octanol–water partition coefficient (Wildman–Crippen LogP) is 9.61. The fraction of sp³-hybridized carbons (Fsp3) is 0. The van der Waals surface area contributed by atoms with E-state index < -0.39 is 0 Å². The van der Waals surface area contributed by atoms with Crippen molar-refractivity contribution >= 4 is 43.1 Å². The first-order valence-electron chi connectivity index (χ1n) is 11.9. The second-order valence-corrected chi connectivity index (χ2v) is 9.29. The van der Waals surface area contributed by atoms with Crippen LogP contribution in [0.5, 0.6) is 0 Å². The molecule has 1 aliphatic carbocycles. The molecule has 0 amide bonds. The van der Waals surface area contributed by atoms with Crippen molar-refractivity contribution in [1.29, 1.82) is 0 Å². The molecule has 1 aliphatic rings. The van der Waals surface area contributed by atoms with Crippen molar-refractivity contribution in [1.82, 2.24) is 0 Å². The first kappa shape index (κ1) is 18.1. The topological polar surface area (TPSA) is 0 Å². The summed E-state index contributed by atoms with van der Waals surface area (Å²) in [6, 6.07) is 44.8. The third-order valence-electron chi connectivity index (χ3n) is 7.60. The lowest BCUT2D eigenvalue weighted by molar-refractivity contribution is 1.69. The van der Waals surface area contributed by atoms with Gasteiger partial charge in [0, 0.05) is 0 Å². The van der Waals surface area contributed by atoms with Crippen molar-refractivity contribution in [2.24, 2.45) is 0 Å². The monoisotopic (exact) mass is 428 g/mol. The van der Waals surface area contributed by atoms with Gasteiger partial charge in [0.05, 0.1) is 0 Å².